The molecule has 1 amide bonds. The second-order valence-corrected chi connectivity index (χ2v) is 6.42. The minimum absolute atomic E-state index is 0.277. The quantitative estimate of drug-likeness (QED) is 0.788. The number of aryl methyl sites for hydroxylation is 1. The molecule has 24 heavy (non-hydrogen) atoms. The fourth-order valence-electron chi connectivity index (χ4n) is 2.28. The molecule has 0 fully saturated rings. The largest absolute Gasteiger partial charge is 0.361 e. The number of anilines is 2. The first kappa shape index (κ1) is 16.1. The lowest BCUT2D eigenvalue weighted by Gasteiger charge is -2.15. The highest BCUT2D eigenvalue weighted by Gasteiger charge is 2.16. The minimum Gasteiger partial charge on any atom is -0.361 e. The maximum Gasteiger partial charge on any atom is 0.275 e. The van der Waals surface area contributed by atoms with Crippen molar-refractivity contribution in [3.05, 3.63) is 41.4 Å². The molecule has 0 radical (unpaired) electrons. The van der Waals surface area contributed by atoms with Gasteiger partial charge >= 0.3 is 0 Å². The molecule has 1 N–H and O–H groups in total. The lowest BCUT2D eigenvalue weighted by molar-refractivity contribution is 0.102. The predicted molar refractivity (Wildman–Crippen MR) is 95.6 cm³/mol. The molecule has 124 valence electrons. The van der Waals surface area contributed by atoms with Crippen molar-refractivity contribution < 1.29 is 4.79 Å². The molecule has 0 aliphatic carbocycles. The van der Waals surface area contributed by atoms with Gasteiger partial charge in [0.25, 0.3) is 5.91 Å². The van der Waals surface area contributed by atoms with Gasteiger partial charge in [0, 0.05) is 32.2 Å². The van der Waals surface area contributed by atoms with E-state index in [0.29, 0.717) is 17.2 Å². The Morgan fingerprint density at radius 1 is 1.33 bits per heavy atom. The number of hydrogen-bond acceptors (Lipinski definition) is 6. The SMILES string of the molecule is Cc1ccc(-c2nc(C(=O)Nc3cncnc3N(C)C)cs2)n1C. The maximum atomic E-state index is 12.5. The van der Waals surface area contributed by atoms with Crippen molar-refractivity contribution in [1.82, 2.24) is 19.5 Å². The van der Waals surface area contributed by atoms with Crippen LogP contribution in [0.1, 0.15) is 16.2 Å². The molecule has 0 saturated heterocycles. The fourth-order valence-corrected chi connectivity index (χ4v) is 3.14. The third kappa shape index (κ3) is 3.00. The van der Waals surface area contributed by atoms with Gasteiger partial charge in [-0.2, -0.15) is 0 Å². The molecule has 0 unspecified atom stereocenters. The molecule has 0 aliphatic heterocycles. The molecule has 0 atom stereocenters. The van der Waals surface area contributed by atoms with Crippen LogP contribution in [0.3, 0.4) is 0 Å². The zero-order chi connectivity index (χ0) is 17.3. The van der Waals surface area contributed by atoms with Gasteiger partial charge in [-0.25, -0.2) is 15.0 Å². The Morgan fingerprint density at radius 3 is 2.79 bits per heavy atom. The number of thiazole rings is 1. The molecular formula is C16H18N6OS. The van der Waals surface area contributed by atoms with E-state index < -0.39 is 0 Å². The van der Waals surface area contributed by atoms with E-state index in [9.17, 15) is 4.79 Å². The fraction of sp³-hybridized carbons (Fsp3) is 0.250. The van der Waals surface area contributed by atoms with E-state index in [0.717, 1.165) is 16.4 Å². The predicted octanol–water partition coefficient (Wildman–Crippen LogP) is 2.57. The summed E-state index contributed by atoms with van der Waals surface area (Å²) < 4.78 is 2.05. The molecule has 0 aromatic carbocycles. The van der Waals surface area contributed by atoms with Crippen molar-refractivity contribution in [2.24, 2.45) is 7.05 Å². The van der Waals surface area contributed by atoms with Gasteiger partial charge in [0.1, 0.15) is 22.7 Å². The standard InChI is InChI=1S/C16H18N6OS/c1-10-5-6-13(22(10)4)16-20-12(8-24-16)15(23)19-11-7-17-9-18-14(11)21(2)3/h5-9H,1-4H3,(H,19,23). The van der Waals surface area contributed by atoms with E-state index >= 15 is 0 Å². The van der Waals surface area contributed by atoms with Crippen molar-refractivity contribution in [2.75, 3.05) is 24.3 Å². The number of carbonyl (C=O) groups is 1. The number of hydrogen-bond donors (Lipinski definition) is 1. The second kappa shape index (κ2) is 6.40. The first-order valence-electron chi connectivity index (χ1n) is 7.34. The van der Waals surface area contributed by atoms with Crippen molar-refractivity contribution in [3.8, 4) is 10.7 Å². The Labute approximate surface area is 144 Å². The smallest absolute Gasteiger partial charge is 0.275 e. The summed E-state index contributed by atoms with van der Waals surface area (Å²) in [6, 6.07) is 4.03. The summed E-state index contributed by atoms with van der Waals surface area (Å²) in [7, 11) is 5.70. The Kier molecular flexibility index (Phi) is 4.30. The van der Waals surface area contributed by atoms with Crippen molar-refractivity contribution in [2.45, 2.75) is 6.92 Å². The van der Waals surface area contributed by atoms with Gasteiger partial charge in [0.2, 0.25) is 0 Å². The van der Waals surface area contributed by atoms with Crippen LogP contribution in [0, 0.1) is 6.92 Å². The van der Waals surface area contributed by atoms with Crippen molar-refractivity contribution in [3.63, 3.8) is 0 Å². The van der Waals surface area contributed by atoms with Gasteiger partial charge in [-0.15, -0.1) is 11.3 Å². The van der Waals surface area contributed by atoms with Crippen LogP contribution in [0.2, 0.25) is 0 Å². The van der Waals surface area contributed by atoms with E-state index in [4.69, 9.17) is 0 Å². The Balaban J connectivity index is 1.84. The van der Waals surface area contributed by atoms with E-state index in [-0.39, 0.29) is 5.91 Å². The van der Waals surface area contributed by atoms with Gasteiger partial charge in [-0.1, -0.05) is 0 Å². The number of carbonyl (C=O) groups excluding carboxylic acids is 1. The molecule has 3 rings (SSSR count). The number of amides is 1. The van der Waals surface area contributed by atoms with Crippen molar-refractivity contribution >= 4 is 28.7 Å². The first-order chi connectivity index (χ1) is 11.5. The number of nitrogens with zero attached hydrogens (tertiary/aromatic N) is 5. The molecule has 3 aromatic heterocycles. The van der Waals surface area contributed by atoms with Gasteiger partial charge in [-0.3, -0.25) is 4.79 Å². The summed E-state index contributed by atoms with van der Waals surface area (Å²) in [6.45, 7) is 2.03. The van der Waals surface area contributed by atoms with Crippen LogP contribution < -0.4 is 10.2 Å². The topological polar surface area (TPSA) is 75.9 Å². The highest BCUT2D eigenvalue weighted by molar-refractivity contribution is 7.13. The lowest BCUT2D eigenvalue weighted by Crippen LogP contribution is -2.18. The highest BCUT2D eigenvalue weighted by atomic mass is 32.1. The molecule has 3 aromatic rings. The average Bonchev–Trinajstić information content (AvgIpc) is 3.16. The number of aromatic nitrogens is 4. The lowest BCUT2D eigenvalue weighted by atomic mass is 10.4. The Hall–Kier alpha value is -2.74. The summed E-state index contributed by atoms with van der Waals surface area (Å²) in [5.41, 5.74) is 3.07. The molecule has 0 aliphatic rings. The zero-order valence-electron chi connectivity index (χ0n) is 13.9. The Morgan fingerprint density at radius 2 is 2.12 bits per heavy atom. The molecule has 3 heterocycles. The van der Waals surface area contributed by atoms with E-state index in [1.54, 1.807) is 11.6 Å². The summed E-state index contributed by atoms with van der Waals surface area (Å²) in [5, 5.41) is 5.39. The highest BCUT2D eigenvalue weighted by Crippen LogP contribution is 2.26. The van der Waals surface area contributed by atoms with Crippen LogP contribution in [-0.4, -0.2) is 39.5 Å². The van der Waals surface area contributed by atoms with Crippen LogP contribution in [0.15, 0.2) is 30.0 Å². The summed E-state index contributed by atoms with van der Waals surface area (Å²) in [5.74, 6) is 0.369. The average molecular weight is 342 g/mol. The normalized spacial score (nSPS) is 10.7. The van der Waals surface area contributed by atoms with Crippen LogP contribution in [-0.2, 0) is 7.05 Å². The Bertz CT molecular complexity index is 882. The van der Waals surface area contributed by atoms with Gasteiger partial charge in [-0.05, 0) is 19.1 Å². The van der Waals surface area contributed by atoms with Crippen LogP contribution in [0.25, 0.3) is 10.7 Å². The summed E-state index contributed by atoms with van der Waals surface area (Å²) >= 11 is 1.45. The van der Waals surface area contributed by atoms with E-state index in [1.165, 1.54) is 17.7 Å². The minimum atomic E-state index is -0.277. The van der Waals surface area contributed by atoms with Gasteiger partial charge < -0.3 is 14.8 Å². The molecule has 0 saturated carbocycles. The molecule has 8 heteroatoms. The van der Waals surface area contributed by atoms with Crippen LogP contribution in [0.5, 0.6) is 0 Å². The third-order valence-electron chi connectivity index (χ3n) is 3.69. The van der Waals surface area contributed by atoms with Gasteiger partial charge in [0.15, 0.2) is 5.82 Å². The van der Waals surface area contributed by atoms with Crippen LogP contribution >= 0.6 is 11.3 Å². The molecule has 7 nitrogen and oxygen atoms in total. The maximum absolute atomic E-state index is 12.5. The molecule has 0 bridgehead atoms. The molecular weight excluding hydrogens is 324 g/mol. The summed E-state index contributed by atoms with van der Waals surface area (Å²) in [4.78, 5) is 26.9. The van der Waals surface area contributed by atoms with E-state index in [1.807, 2.05) is 45.1 Å². The van der Waals surface area contributed by atoms with Crippen LogP contribution in [0.4, 0.5) is 11.5 Å². The zero-order valence-corrected chi connectivity index (χ0v) is 14.8. The number of nitrogens with one attached hydrogen (secondary N) is 1. The second-order valence-electron chi connectivity index (χ2n) is 5.57. The first-order valence-corrected chi connectivity index (χ1v) is 8.22. The van der Waals surface area contributed by atoms with Crippen molar-refractivity contribution in [1.29, 1.82) is 0 Å². The monoisotopic (exact) mass is 342 g/mol. The summed E-state index contributed by atoms with van der Waals surface area (Å²) in [6.07, 6.45) is 3.03. The number of rotatable bonds is 4. The van der Waals surface area contributed by atoms with Gasteiger partial charge in [0.05, 0.1) is 11.9 Å². The molecule has 0 spiro atoms. The third-order valence-corrected chi connectivity index (χ3v) is 4.56. The van der Waals surface area contributed by atoms with E-state index in [2.05, 4.69) is 24.8 Å².